The van der Waals surface area contributed by atoms with Gasteiger partial charge in [-0.05, 0) is 32.0 Å². The second-order valence-electron chi connectivity index (χ2n) is 4.47. The summed E-state index contributed by atoms with van der Waals surface area (Å²) in [5.41, 5.74) is 0.615. The number of sulfone groups is 1. The summed E-state index contributed by atoms with van der Waals surface area (Å²) in [4.78, 5) is 0.196. The highest BCUT2D eigenvalue weighted by Crippen LogP contribution is 2.43. The van der Waals surface area contributed by atoms with Crippen molar-refractivity contribution in [1.29, 1.82) is 0 Å². The van der Waals surface area contributed by atoms with Gasteiger partial charge in [0.2, 0.25) is 0 Å². The van der Waals surface area contributed by atoms with E-state index in [1.54, 1.807) is 19.1 Å². The lowest BCUT2D eigenvalue weighted by Gasteiger charge is -2.31. The number of rotatable bonds is 2. The third kappa shape index (κ3) is 2.16. The molecule has 0 fully saturated rings. The minimum Gasteiger partial charge on any atom is -0.310 e. The van der Waals surface area contributed by atoms with Crippen LogP contribution < -0.4 is 5.32 Å². The lowest BCUT2D eigenvalue weighted by atomic mass is 10.0. The zero-order chi connectivity index (χ0) is 13.5. The molecule has 1 aromatic carbocycles. The molecule has 0 aliphatic carbocycles. The summed E-state index contributed by atoms with van der Waals surface area (Å²) in [6.45, 7) is 4.44. The van der Waals surface area contributed by atoms with Crippen LogP contribution >= 0.6 is 23.2 Å². The maximum atomic E-state index is 12.4. The number of fused-ring (bicyclic) bond motifs is 1. The van der Waals surface area contributed by atoms with Crippen molar-refractivity contribution in [3.63, 3.8) is 0 Å². The van der Waals surface area contributed by atoms with E-state index in [9.17, 15) is 8.42 Å². The monoisotopic (exact) mass is 307 g/mol. The van der Waals surface area contributed by atoms with Crippen molar-refractivity contribution in [2.45, 2.75) is 36.5 Å². The molecule has 0 amide bonds. The van der Waals surface area contributed by atoms with Gasteiger partial charge in [-0.2, -0.15) is 0 Å². The molecule has 1 aliphatic heterocycles. The third-order valence-corrected chi connectivity index (χ3v) is 6.29. The number of hydrogen-bond acceptors (Lipinski definition) is 3. The van der Waals surface area contributed by atoms with Crippen LogP contribution in [-0.4, -0.2) is 20.2 Å². The van der Waals surface area contributed by atoms with Crippen molar-refractivity contribution in [2.75, 3.05) is 6.54 Å². The molecule has 0 aromatic heterocycles. The topological polar surface area (TPSA) is 46.2 Å². The first-order valence-corrected chi connectivity index (χ1v) is 8.15. The van der Waals surface area contributed by atoms with E-state index < -0.39 is 15.1 Å². The molecule has 1 N–H and O–H groups in total. The van der Waals surface area contributed by atoms with Crippen molar-refractivity contribution in [1.82, 2.24) is 5.32 Å². The number of nitrogens with one attached hydrogen (secondary N) is 1. The maximum Gasteiger partial charge on any atom is 0.182 e. The van der Waals surface area contributed by atoms with Crippen molar-refractivity contribution in [3.8, 4) is 0 Å². The van der Waals surface area contributed by atoms with Gasteiger partial charge in [0.1, 0.15) is 0 Å². The molecule has 2 unspecified atom stereocenters. The zero-order valence-electron chi connectivity index (χ0n) is 10.2. The summed E-state index contributed by atoms with van der Waals surface area (Å²) in [6, 6.07) is 3.13. The Morgan fingerprint density at radius 2 is 1.94 bits per heavy atom. The van der Waals surface area contributed by atoms with Crippen LogP contribution in [0.15, 0.2) is 17.0 Å². The highest BCUT2D eigenvalue weighted by molar-refractivity contribution is 7.92. The summed E-state index contributed by atoms with van der Waals surface area (Å²) >= 11 is 12.2. The molecule has 3 nitrogen and oxygen atoms in total. The molecule has 0 radical (unpaired) electrons. The third-order valence-electron chi connectivity index (χ3n) is 3.28. The summed E-state index contributed by atoms with van der Waals surface area (Å²) in [6.07, 6.45) is 0.517. The molecule has 0 saturated heterocycles. The Labute approximate surface area is 117 Å². The number of benzene rings is 1. The van der Waals surface area contributed by atoms with E-state index in [2.05, 4.69) is 5.32 Å². The van der Waals surface area contributed by atoms with Gasteiger partial charge >= 0.3 is 0 Å². The minimum absolute atomic E-state index is 0.0604. The van der Waals surface area contributed by atoms with Gasteiger partial charge in [-0.3, -0.25) is 0 Å². The Bertz CT molecular complexity index is 572. The molecule has 0 bridgehead atoms. The van der Waals surface area contributed by atoms with Crippen LogP contribution in [0.1, 0.15) is 31.9 Å². The Kier molecular flexibility index (Phi) is 3.93. The van der Waals surface area contributed by atoms with Crippen LogP contribution in [0.5, 0.6) is 0 Å². The Hall–Kier alpha value is -0.290. The first-order valence-electron chi connectivity index (χ1n) is 5.84. The fraction of sp³-hybridized carbons (Fsp3) is 0.500. The van der Waals surface area contributed by atoms with E-state index in [1.165, 1.54) is 0 Å². The summed E-state index contributed by atoms with van der Waals surface area (Å²) in [5, 5.41) is 3.52. The van der Waals surface area contributed by atoms with Crippen molar-refractivity contribution in [3.05, 3.63) is 27.7 Å². The Balaban J connectivity index is 2.72. The Morgan fingerprint density at radius 3 is 2.56 bits per heavy atom. The van der Waals surface area contributed by atoms with Crippen LogP contribution in [0, 0.1) is 0 Å². The van der Waals surface area contributed by atoms with Crippen LogP contribution in [0.4, 0.5) is 0 Å². The van der Waals surface area contributed by atoms with Crippen LogP contribution in [0.3, 0.4) is 0 Å². The molecule has 0 saturated carbocycles. The second-order valence-corrected chi connectivity index (χ2v) is 7.59. The molecular weight excluding hydrogens is 293 g/mol. The first kappa shape index (κ1) is 14.1. The van der Waals surface area contributed by atoms with E-state index in [1.807, 2.05) is 6.92 Å². The van der Waals surface area contributed by atoms with Crippen molar-refractivity contribution < 1.29 is 8.42 Å². The van der Waals surface area contributed by atoms with Gasteiger partial charge in [-0.25, -0.2) is 8.42 Å². The van der Waals surface area contributed by atoms with E-state index in [-0.39, 0.29) is 16.0 Å². The maximum absolute atomic E-state index is 12.4. The first-order chi connectivity index (χ1) is 8.39. The lowest BCUT2D eigenvalue weighted by molar-refractivity contribution is 0.474. The zero-order valence-corrected chi connectivity index (χ0v) is 12.5. The molecule has 6 heteroatoms. The van der Waals surface area contributed by atoms with Crippen LogP contribution in [-0.2, 0) is 9.84 Å². The van der Waals surface area contributed by atoms with E-state index in [0.717, 1.165) is 6.54 Å². The van der Waals surface area contributed by atoms with E-state index in [0.29, 0.717) is 17.0 Å². The minimum atomic E-state index is -3.38. The molecule has 1 heterocycles. The molecule has 1 aliphatic rings. The molecule has 100 valence electrons. The van der Waals surface area contributed by atoms with Gasteiger partial charge in [0.05, 0.1) is 15.2 Å². The summed E-state index contributed by atoms with van der Waals surface area (Å²) < 4.78 is 24.7. The predicted molar refractivity (Wildman–Crippen MR) is 74.1 cm³/mol. The summed E-state index contributed by atoms with van der Waals surface area (Å²) in [5.74, 6) is 0. The number of hydrogen-bond donors (Lipinski definition) is 1. The molecule has 2 atom stereocenters. The normalized spacial score (nSPS) is 25.8. The molecule has 1 aromatic rings. The van der Waals surface area contributed by atoms with Gasteiger partial charge in [-0.15, -0.1) is 0 Å². The van der Waals surface area contributed by atoms with Crippen LogP contribution in [0.2, 0.25) is 10.0 Å². The van der Waals surface area contributed by atoms with Gasteiger partial charge in [0.25, 0.3) is 0 Å². The van der Waals surface area contributed by atoms with Gasteiger partial charge < -0.3 is 5.32 Å². The molecule has 2 rings (SSSR count). The lowest BCUT2D eigenvalue weighted by Crippen LogP contribution is -2.35. The highest BCUT2D eigenvalue weighted by Gasteiger charge is 2.38. The van der Waals surface area contributed by atoms with E-state index in [4.69, 9.17) is 23.2 Å². The standard InChI is InChI=1S/C12H15Cl2NO2S/c1-3-15-10-6-7(2)18(16,17)12-9(14)5-4-8(13)11(10)12/h4-5,7,10,15H,3,6H2,1-2H3. The summed E-state index contributed by atoms with van der Waals surface area (Å²) in [7, 11) is -3.38. The smallest absolute Gasteiger partial charge is 0.182 e. The SMILES string of the molecule is CCNC1CC(C)S(=O)(=O)c2c(Cl)ccc(Cl)c21. The highest BCUT2D eigenvalue weighted by atomic mass is 35.5. The Morgan fingerprint density at radius 1 is 1.33 bits per heavy atom. The average molecular weight is 308 g/mol. The van der Waals surface area contributed by atoms with Crippen molar-refractivity contribution in [2.24, 2.45) is 0 Å². The van der Waals surface area contributed by atoms with Crippen LogP contribution in [0.25, 0.3) is 0 Å². The van der Waals surface area contributed by atoms with Gasteiger partial charge in [-0.1, -0.05) is 30.1 Å². The molecular formula is C12H15Cl2NO2S. The van der Waals surface area contributed by atoms with Crippen molar-refractivity contribution >= 4 is 33.0 Å². The average Bonchev–Trinajstić information content (AvgIpc) is 2.29. The van der Waals surface area contributed by atoms with E-state index >= 15 is 0 Å². The second kappa shape index (κ2) is 5.00. The molecule has 0 spiro atoms. The largest absolute Gasteiger partial charge is 0.310 e. The fourth-order valence-corrected chi connectivity index (χ4v) is 4.95. The number of halogens is 2. The quantitative estimate of drug-likeness (QED) is 0.912. The fourth-order valence-electron chi connectivity index (χ4n) is 2.37. The predicted octanol–water partition coefficient (Wildman–Crippen LogP) is 3.21. The van der Waals surface area contributed by atoms with Gasteiger partial charge in [0, 0.05) is 16.6 Å². The van der Waals surface area contributed by atoms with Gasteiger partial charge in [0.15, 0.2) is 9.84 Å². The molecule has 18 heavy (non-hydrogen) atoms.